The normalized spacial score (nSPS) is 19.7. The molecule has 0 aliphatic carbocycles. The van der Waals surface area contributed by atoms with Gasteiger partial charge in [-0.3, -0.25) is 4.79 Å². The highest BCUT2D eigenvalue weighted by Crippen LogP contribution is 2.06. The van der Waals surface area contributed by atoms with Crippen molar-refractivity contribution in [3.8, 4) is 0 Å². The van der Waals surface area contributed by atoms with Gasteiger partial charge in [-0.1, -0.05) is 0 Å². The largest absolute Gasteiger partial charge is 0.383 e. The van der Waals surface area contributed by atoms with E-state index in [1.165, 1.54) is 0 Å². The minimum atomic E-state index is 0.00445. The van der Waals surface area contributed by atoms with E-state index >= 15 is 0 Å². The Morgan fingerprint density at radius 2 is 2.56 bits per heavy atom. The zero-order chi connectivity index (χ0) is 12.8. The number of piperidine rings is 1. The predicted octanol–water partition coefficient (Wildman–Crippen LogP) is 0.616. The molecule has 2 heterocycles. The number of carbonyl (C=O) groups is 1. The molecule has 1 fully saturated rings. The molecule has 2 N–H and O–H groups in total. The molecule has 2 rings (SSSR count). The van der Waals surface area contributed by atoms with Crippen molar-refractivity contribution in [3.05, 3.63) is 24.0 Å². The first-order valence-electron chi connectivity index (χ1n) is 6.47. The van der Waals surface area contributed by atoms with Crippen LogP contribution in [-0.4, -0.2) is 43.3 Å². The molecule has 100 valence electrons. The molecule has 0 bridgehead atoms. The predicted molar refractivity (Wildman–Crippen MR) is 69.7 cm³/mol. The van der Waals surface area contributed by atoms with Crippen molar-refractivity contribution in [2.45, 2.75) is 25.4 Å². The van der Waals surface area contributed by atoms with Gasteiger partial charge in [-0.05, 0) is 31.5 Å². The first kappa shape index (κ1) is 13.1. The highest BCUT2D eigenvalue weighted by Gasteiger charge is 2.17. The van der Waals surface area contributed by atoms with Crippen LogP contribution >= 0.6 is 0 Å². The lowest BCUT2D eigenvalue weighted by Gasteiger charge is -2.24. The van der Waals surface area contributed by atoms with E-state index in [1.807, 2.05) is 22.9 Å². The standard InChI is InChI=1S/C13H21N3O2/c1-18-9-8-16-7-3-5-12(16)13(17)15-11-4-2-6-14-10-11/h3,5,7,11,14H,2,4,6,8-10H2,1H3,(H,15,17). The Morgan fingerprint density at radius 1 is 1.67 bits per heavy atom. The lowest BCUT2D eigenvalue weighted by Crippen LogP contribution is -2.46. The fourth-order valence-corrected chi connectivity index (χ4v) is 2.24. The second kappa shape index (κ2) is 6.56. The maximum atomic E-state index is 12.2. The molecule has 1 aliphatic heterocycles. The Hall–Kier alpha value is -1.33. The molecular weight excluding hydrogens is 230 g/mol. The van der Waals surface area contributed by atoms with Gasteiger partial charge in [-0.25, -0.2) is 0 Å². The first-order chi connectivity index (χ1) is 8.81. The maximum absolute atomic E-state index is 12.2. The first-order valence-corrected chi connectivity index (χ1v) is 6.47. The second-order valence-electron chi connectivity index (χ2n) is 4.60. The fourth-order valence-electron chi connectivity index (χ4n) is 2.24. The van der Waals surface area contributed by atoms with Gasteiger partial charge in [0, 0.05) is 32.4 Å². The van der Waals surface area contributed by atoms with Crippen LogP contribution in [0.15, 0.2) is 18.3 Å². The molecular formula is C13H21N3O2. The van der Waals surface area contributed by atoms with Gasteiger partial charge in [0.2, 0.25) is 0 Å². The van der Waals surface area contributed by atoms with Gasteiger partial charge in [0.1, 0.15) is 5.69 Å². The Balaban J connectivity index is 1.93. The number of hydrogen-bond acceptors (Lipinski definition) is 3. The average Bonchev–Trinajstić information content (AvgIpc) is 2.86. The smallest absolute Gasteiger partial charge is 0.268 e. The van der Waals surface area contributed by atoms with Crippen LogP contribution in [0.25, 0.3) is 0 Å². The van der Waals surface area contributed by atoms with Gasteiger partial charge in [-0.2, -0.15) is 0 Å². The summed E-state index contributed by atoms with van der Waals surface area (Å²) < 4.78 is 6.96. The van der Waals surface area contributed by atoms with E-state index in [-0.39, 0.29) is 11.9 Å². The average molecular weight is 251 g/mol. The molecule has 1 saturated heterocycles. The monoisotopic (exact) mass is 251 g/mol. The number of nitrogens with zero attached hydrogens (tertiary/aromatic N) is 1. The van der Waals surface area contributed by atoms with E-state index < -0.39 is 0 Å². The summed E-state index contributed by atoms with van der Waals surface area (Å²) in [6.45, 7) is 3.23. The van der Waals surface area contributed by atoms with Gasteiger partial charge in [-0.15, -0.1) is 0 Å². The molecule has 1 aromatic rings. The van der Waals surface area contributed by atoms with Crippen molar-refractivity contribution in [1.29, 1.82) is 0 Å². The zero-order valence-electron chi connectivity index (χ0n) is 10.8. The zero-order valence-corrected chi connectivity index (χ0v) is 10.8. The van der Waals surface area contributed by atoms with Gasteiger partial charge in [0.25, 0.3) is 5.91 Å². The summed E-state index contributed by atoms with van der Waals surface area (Å²) in [4.78, 5) is 12.2. The molecule has 5 nitrogen and oxygen atoms in total. The highest BCUT2D eigenvalue weighted by atomic mass is 16.5. The number of aromatic nitrogens is 1. The van der Waals surface area contributed by atoms with Crippen LogP contribution in [0.1, 0.15) is 23.3 Å². The van der Waals surface area contributed by atoms with Crippen LogP contribution in [0.5, 0.6) is 0 Å². The molecule has 0 saturated carbocycles. The third-order valence-electron chi connectivity index (χ3n) is 3.23. The van der Waals surface area contributed by atoms with E-state index in [0.29, 0.717) is 18.8 Å². The molecule has 0 radical (unpaired) electrons. The maximum Gasteiger partial charge on any atom is 0.268 e. The van der Waals surface area contributed by atoms with Crippen LogP contribution in [0.3, 0.4) is 0 Å². The van der Waals surface area contributed by atoms with E-state index in [4.69, 9.17) is 4.74 Å². The lowest BCUT2D eigenvalue weighted by atomic mass is 10.1. The molecule has 1 unspecified atom stereocenters. The third kappa shape index (κ3) is 3.34. The van der Waals surface area contributed by atoms with Gasteiger partial charge in [0.05, 0.1) is 6.61 Å². The fraction of sp³-hybridized carbons (Fsp3) is 0.615. The summed E-state index contributed by atoms with van der Waals surface area (Å²) in [5.74, 6) is 0.00445. The number of nitrogens with one attached hydrogen (secondary N) is 2. The van der Waals surface area contributed by atoms with Crippen LogP contribution in [0.2, 0.25) is 0 Å². The highest BCUT2D eigenvalue weighted by molar-refractivity contribution is 5.92. The van der Waals surface area contributed by atoms with Crippen molar-refractivity contribution in [1.82, 2.24) is 15.2 Å². The SMILES string of the molecule is COCCn1cccc1C(=O)NC1CCCNC1. The minimum Gasteiger partial charge on any atom is -0.383 e. The Kier molecular flexibility index (Phi) is 4.78. The number of rotatable bonds is 5. The van der Waals surface area contributed by atoms with Gasteiger partial charge in [0.15, 0.2) is 0 Å². The summed E-state index contributed by atoms with van der Waals surface area (Å²) in [7, 11) is 1.66. The molecule has 0 aromatic carbocycles. The van der Waals surface area contributed by atoms with Crippen LogP contribution in [-0.2, 0) is 11.3 Å². The van der Waals surface area contributed by atoms with E-state index in [1.54, 1.807) is 7.11 Å². The number of hydrogen-bond donors (Lipinski definition) is 2. The quantitative estimate of drug-likeness (QED) is 0.806. The van der Waals surface area contributed by atoms with E-state index in [0.717, 1.165) is 25.9 Å². The summed E-state index contributed by atoms with van der Waals surface area (Å²) in [6.07, 6.45) is 4.08. The van der Waals surface area contributed by atoms with Crippen molar-refractivity contribution in [2.75, 3.05) is 26.8 Å². The Labute approximate surface area is 108 Å². The van der Waals surface area contributed by atoms with Crippen LogP contribution < -0.4 is 10.6 Å². The van der Waals surface area contributed by atoms with Crippen molar-refractivity contribution in [2.24, 2.45) is 0 Å². The number of methoxy groups -OCH3 is 1. The molecule has 18 heavy (non-hydrogen) atoms. The summed E-state index contributed by atoms with van der Waals surface area (Å²) in [5.41, 5.74) is 0.706. The number of carbonyl (C=O) groups excluding carboxylic acids is 1. The van der Waals surface area contributed by atoms with Crippen molar-refractivity contribution >= 4 is 5.91 Å². The van der Waals surface area contributed by atoms with Crippen LogP contribution in [0, 0.1) is 0 Å². The number of ether oxygens (including phenoxy) is 1. The summed E-state index contributed by atoms with van der Waals surface area (Å²) in [6, 6.07) is 3.99. The van der Waals surface area contributed by atoms with Crippen molar-refractivity contribution in [3.63, 3.8) is 0 Å². The second-order valence-corrected chi connectivity index (χ2v) is 4.60. The minimum absolute atomic E-state index is 0.00445. The molecule has 5 heteroatoms. The van der Waals surface area contributed by atoms with Gasteiger partial charge >= 0.3 is 0 Å². The number of amides is 1. The molecule has 0 spiro atoms. The molecule has 1 atom stereocenters. The van der Waals surface area contributed by atoms with Gasteiger partial charge < -0.3 is 19.9 Å². The lowest BCUT2D eigenvalue weighted by molar-refractivity contribution is 0.0918. The topological polar surface area (TPSA) is 55.3 Å². The molecule has 1 aliphatic rings. The van der Waals surface area contributed by atoms with E-state index in [9.17, 15) is 4.79 Å². The molecule has 1 amide bonds. The van der Waals surface area contributed by atoms with Crippen molar-refractivity contribution < 1.29 is 9.53 Å². The molecule has 1 aromatic heterocycles. The summed E-state index contributed by atoms with van der Waals surface area (Å²) in [5, 5.41) is 6.37. The van der Waals surface area contributed by atoms with E-state index in [2.05, 4.69) is 10.6 Å². The summed E-state index contributed by atoms with van der Waals surface area (Å²) >= 11 is 0. The van der Waals surface area contributed by atoms with Crippen LogP contribution in [0.4, 0.5) is 0 Å². The Morgan fingerprint density at radius 3 is 3.28 bits per heavy atom. The Bertz CT molecular complexity index is 383. The third-order valence-corrected chi connectivity index (χ3v) is 3.23.